The molecule has 8 heteroatoms. The maximum absolute atomic E-state index is 12.9. The van der Waals surface area contributed by atoms with Gasteiger partial charge in [0.1, 0.15) is 0 Å². The largest absolute Gasteiger partial charge is 0.371 e. The molecule has 4 heterocycles. The second kappa shape index (κ2) is 7.00. The number of morpholine rings is 1. The minimum absolute atomic E-state index is 0.00456. The van der Waals surface area contributed by atoms with E-state index in [0.29, 0.717) is 38.3 Å². The van der Waals surface area contributed by atoms with Gasteiger partial charge in [-0.25, -0.2) is 0 Å². The molecular formula is C18H27N5O3. The number of amides is 2. The van der Waals surface area contributed by atoms with Crippen LogP contribution < -0.4 is 0 Å². The van der Waals surface area contributed by atoms with Crippen LogP contribution in [0.1, 0.15) is 36.0 Å². The molecule has 3 aliphatic heterocycles. The average molecular weight is 361 g/mol. The Bertz CT molecular complexity index is 654. The van der Waals surface area contributed by atoms with Gasteiger partial charge in [0.05, 0.1) is 30.0 Å². The molecule has 3 aliphatic rings. The predicted molar refractivity (Wildman–Crippen MR) is 94.6 cm³/mol. The number of piperidine rings is 1. The van der Waals surface area contributed by atoms with E-state index in [1.54, 1.807) is 12.4 Å². The van der Waals surface area contributed by atoms with E-state index < -0.39 is 0 Å². The molecule has 2 amide bonds. The first-order chi connectivity index (χ1) is 12.6. The van der Waals surface area contributed by atoms with Gasteiger partial charge in [-0.3, -0.25) is 19.6 Å². The molecule has 0 saturated carbocycles. The molecule has 1 atom stereocenters. The highest BCUT2D eigenvalue weighted by atomic mass is 16.5. The van der Waals surface area contributed by atoms with Crippen molar-refractivity contribution in [1.29, 1.82) is 0 Å². The number of nitrogens with zero attached hydrogens (tertiary/aromatic N) is 4. The van der Waals surface area contributed by atoms with Crippen LogP contribution in [0.2, 0.25) is 0 Å². The SMILES string of the molecule is CN1CCC[C@H]1C(=O)N1CCOC2(CCN(C(=O)c3cn[nH]c3)CC2)C1. The molecule has 3 fully saturated rings. The third-order valence-electron chi connectivity index (χ3n) is 6.07. The van der Waals surface area contributed by atoms with Crippen molar-refractivity contribution in [2.24, 2.45) is 0 Å². The van der Waals surface area contributed by atoms with E-state index >= 15 is 0 Å². The summed E-state index contributed by atoms with van der Waals surface area (Å²) in [7, 11) is 2.03. The van der Waals surface area contributed by atoms with Gasteiger partial charge in [0.25, 0.3) is 5.91 Å². The molecule has 0 radical (unpaired) electrons. The summed E-state index contributed by atoms with van der Waals surface area (Å²) in [5.41, 5.74) is 0.282. The number of likely N-dealkylation sites (N-methyl/N-ethyl adjacent to an activating group) is 1. The van der Waals surface area contributed by atoms with Crippen LogP contribution >= 0.6 is 0 Å². The van der Waals surface area contributed by atoms with Crippen molar-refractivity contribution in [3.63, 3.8) is 0 Å². The lowest BCUT2D eigenvalue weighted by Gasteiger charge is -2.47. The van der Waals surface area contributed by atoms with Crippen LogP contribution in [-0.2, 0) is 9.53 Å². The molecule has 4 rings (SSSR count). The number of hydrogen-bond donors (Lipinski definition) is 1. The number of likely N-dealkylation sites (tertiary alicyclic amines) is 2. The first kappa shape index (κ1) is 17.5. The molecule has 0 aromatic carbocycles. The Kier molecular flexibility index (Phi) is 4.71. The second-order valence-corrected chi connectivity index (χ2v) is 7.71. The van der Waals surface area contributed by atoms with Gasteiger partial charge in [-0.05, 0) is 39.3 Å². The Hall–Kier alpha value is -1.93. The van der Waals surface area contributed by atoms with Crippen LogP contribution in [0.5, 0.6) is 0 Å². The molecule has 1 aromatic rings. The van der Waals surface area contributed by atoms with Gasteiger partial charge in [0.2, 0.25) is 5.91 Å². The summed E-state index contributed by atoms with van der Waals surface area (Å²) >= 11 is 0. The Morgan fingerprint density at radius 2 is 2.04 bits per heavy atom. The normalized spacial score (nSPS) is 26.4. The van der Waals surface area contributed by atoms with Crippen molar-refractivity contribution in [1.82, 2.24) is 24.9 Å². The summed E-state index contributed by atoms with van der Waals surface area (Å²) in [6.07, 6.45) is 6.76. The number of H-pyrrole nitrogens is 1. The van der Waals surface area contributed by atoms with Gasteiger partial charge in [0.15, 0.2) is 0 Å². The van der Waals surface area contributed by atoms with Crippen LogP contribution in [0, 0.1) is 0 Å². The first-order valence-electron chi connectivity index (χ1n) is 9.49. The summed E-state index contributed by atoms with van der Waals surface area (Å²) in [5.74, 6) is 0.245. The maximum Gasteiger partial charge on any atom is 0.257 e. The van der Waals surface area contributed by atoms with E-state index in [-0.39, 0.29) is 23.5 Å². The molecule has 0 aliphatic carbocycles. The average Bonchev–Trinajstić information content (AvgIpc) is 3.33. The van der Waals surface area contributed by atoms with Crippen LogP contribution in [0.3, 0.4) is 0 Å². The summed E-state index contributed by atoms with van der Waals surface area (Å²) in [6.45, 7) is 4.19. The highest BCUT2D eigenvalue weighted by Gasteiger charge is 2.43. The highest BCUT2D eigenvalue weighted by Crippen LogP contribution is 2.31. The second-order valence-electron chi connectivity index (χ2n) is 7.71. The molecule has 3 saturated heterocycles. The van der Waals surface area contributed by atoms with Gasteiger partial charge >= 0.3 is 0 Å². The monoisotopic (exact) mass is 361 g/mol. The van der Waals surface area contributed by atoms with Gasteiger partial charge in [-0.2, -0.15) is 5.10 Å². The zero-order valence-corrected chi connectivity index (χ0v) is 15.3. The lowest BCUT2D eigenvalue weighted by atomic mass is 9.88. The highest BCUT2D eigenvalue weighted by molar-refractivity contribution is 5.93. The van der Waals surface area contributed by atoms with Crippen molar-refractivity contribution < 1.29 is 14.3 Å². The molecular weight excluding hydrogens is 334 g/mol. The quantitative estimate of drug-likeness (QED) is 0.821. The number of aromatic nitrogens is 2. The van der Waals surface area contributed by atoms with E-state index in [1.807, 2.05) is 16.8 Å². The smallest absolute Gasteiger partial charge is 0.257 e. The van der Waals surface area contributed by atoms with Crippen LogP contribution in [0.4, 0.5) is 0 Å². The topological polar surface area (TPSA) is 81.8 Å². The van der Waals surface area contributed by atoms with Crippen LogP contribution in [-0.4, -0.2) is 94.7 Å². The molecule has 0 bridgehead atoms. The zero-order valence-electron chi connectivity index (χ0n) is 15.3. The molecule has 1 aromatic heterocycles. The molecule has 8 nitrogen and oxygen atoms in total. The van der Waals surface area contributed by atoms with E-state index in [4.69, 9.17) is 4.74 Å². The van der Waals surface area contributed by atoms with Gasteiger partial charge < -0.3 is 14.5 Å². The van der Waals surface area contributed by atoms with Crippen molar-refractivity contribution in [2.75, 3.05) is 46.4 Å². The lowest BCUT2D eigenvalue weighted by Crippen LogP contribution is -2.60. The standard InChI is InChI=1S/C18H27N5O3/c1-21-6-2-3-15(21)17(25)23-9-10-26-18(13-23)4-7-22(8-5-18)16(24)14-11-19-20-12-14/h11-12,15H,2-10,13H2,1H3,(H,19,20)/t15-/m0/s1. The molecule has 1 N–H and O–H groups in total. The van der Waals surface area contributed by atoms with Gasteiger partial charge in [0, 0.05) is 32.4 Å². The predicted octanol–water partition coefficient (Wildman–Crippen LogP) is 0.338. The maximum atomic E-state index is 12.9. The van der Waals surface area contributed by atoms with Gasteiger partial charge in [-0.15, -0.1) is 0 Å². The fraction of sp³-hybridized carbons (Fsp3) is 0.722. The Morgan fingerprint density at radius 1 is 1.23 bits per heavy atom. The lowest BCUT2D eigenvalue weighted by molar-refractivity contribution is -0.161. The summed E-state index contributed by atoms with van der Waals surface area (Å²) < 4.78 is 6.13. The summed E-state index contributed by atoms with van der Waals surface area (Å²) in [4.78, 5) is 31.4. The number of carbonyl (C=O) groups excluding carboxylic acids is 2. The Balaban J connectivity index is 1.37. The number of nitrogens with one attached hydrogen (secondary N) is 1. The Morgan fingerprint density at radius 3 is 2.69 bits per heavy atom. The number of ether oxygens (including phenoxy) is 1. The van der Waals surface area contributed by atoms with E-state index in [2.05, 4.69) is 15.1 Å². The van der Waals surface area contributed by atoms with E-state index in [9.17, 15) is 9.59 Å². The minimum atomic E-state index is -0.307. The summed E-state index contributed by atoms with van der Waals surface area (Å²) in [6, 6.07) is 0.0212. The minimum Gasteiger partial charge on any atom is -0.371 e. The first-order valence-corrected chi connectivity index (χ1v) is 9.49. The molecule has 1 spiro atoms. The molecule has 26 heavy (non-hydrogen) atoms. The van der Waals surface area contributed by atoms with E-state index in [1.165, 1.54) is 0 Å². The number of aromatic amines is 1. The van der Waals surface area contributed by atoms with Crippen LogP contribution in [0.25, 0.3) is 0 Å². The van der Waals surface area contributed by atoms with Crippen molar-refractivity contribution >= 4 is 11.8 Å². The fourth-order valence-corrected chi connectivity index (χ4v) is 4.44. The number of hydrogen-bond acceptors (Lipinski definition) is 5. The van der Waals surface area contributed by atoms with Crippen molar-refractivity contribution in [3.8, 4) is 0 Å². The Labute approximate surface area is 153 Å². The fourth-order valence-electron chi connectivity index (χ4n) is 4.44. The number of carbonyl (C=O) groups is 2. The molecule has 142 valence electrons. The third-order valence-corrected chi connectivity index (χ3v) is 6.07. The molecule has 0 unspecified atom stereocenters. The third kappa shape index (κ3) is 3.23. The van der Waals surface area contributed by atoms with Crippen molar-refractivity contribution in [2.45, 2.75) is 37.3 Å². The zero-order chi connectivity index (χ0) is 18.1. The van der Waals surface area contributed by atoms with E-state index in [0.717, 1.165) is 32.2 Å². The summed E-state index contributed by atoms with van der Waals surface area (Å²) in [5, 5.41) is 6.53. The van der Waals surface area contributed by atoms with Crippen LogP contribution in [0.15, 0.2) is 12.4 Å². The van der Waals surface area contributed by atoms with Crippen molar-refractivity contribution in [3.05, 3.63) is 18.0 Å². The number of rotatable bonds is 2. The van der Waals surface area contributed by atoms with Gasteiger partial charge in [-0.1, -0.05) is 0 Å².